The minimum Gasteiger partial charge on any atom is -0.0654 e. The van der Waals surface area contributed by atoms with E-state index in [2.05, 4.69) is 26.9 Å². The topological polar surface area (TPSA) is 0 Å². The Morgan fingerprint density at radius 3 is 0.583 bits per heavy atom. The van der Waals surface area contributed by atoms with Crippen LogP contribution in [-0.4, -0.2) is 26.2 Å². The lowest BCUT2D eigenvalue weighted by Gasteiger charge is -2.10. The van der Waals surface area contributed by atoms with Crippen molar-refractivity contribution in [3.05, 3.63) is 0 Å². The van der Waals surface area contributed by atoms with Crippen molar-refractivity contribution < 1.29 is 0 Å². The predicted molar refractivity (Wildman–Crippen MR) is 174 cm³/mol. The normalized spacial score (nSPS) is 12.0. The monoisotopic (exact) mass is 526 g/mol. The molecule has 0 atom stereocenters. The number of hydrogen-bond donors (Lipinski definition) is 0. The number of rotatable bonds is 31. The smallest absolute Gasteiger partial charge is 0.0586 e. The molecule has 0 saturated carbocycles. The fourth-order valence-electron chi connectivity index (χ4n) is 5.61. The lowest BCUT2D eigenvalue weighted by atomic mass is 10.0. The third-order valence-electron chi connectivity index (χ3n) is 8.18. The van der Waals surface area contributed by atoms with Gasteiger partial charge in [0.05, 0.1) is 6.16 Å². The summed E-state index contributed by atoms with van der Waals surface area (Å²) < 4.78 is 0. The van der Waals surface area contributed by atoms with Crippen LogP contribution in [0.25, 0.3) is 0 Å². The van der Waals surface area contributed by atoms with Crippen LogP contribution in [0.5, 0.6) is 0 Å². The maximum absolute atomic E-state index is 2.48. The lowest BCUT2D eigenvalue weighted by Crippen LogP contribution is -1.93. The van der Waals surface area contributed by atoms with Gasteiger partial charge in [-0.1, -0.05) is 187 Å². The first kappa shape index (κ1) is 36.4. The molecule has 0 radical (unpaired) electrons. The standard InChI is InChI=1S/C35H74P/c1-5-6-7-8-9-10-11-12-13-14-15-16-17-18-19-20-21-22-23-24-25-26-27-28-29-30-31-32-33-34-35-36(2,3)4/h5-35H2,1-4H3/q+1. The molecule has 0 aliphatic carbocycles. The van der Waals surface area contributed by atoms with Crippen LogP contribution >= 0.6 is 7.26 Å². The highest BCUT2D eigenvalue weighted by Gasteiger charge is 2.15. The zero-order chi connectivity index (χ0) is 26.4. The van der Waals surface area contributed by atoms with Crippen LogP contribution in [0.4, 0.5) is 0 Å². The highest BCUT2D eigenvalue weighted by molar-refractivity contribution is 7.73. The summed E-state index contributed by atoms with van der Waals surface area (Å²) in [7, 11) is -0.518. The molecule has 0 aromatic heterocycles. The Balaban J connectivity index is 3.03. The Labute approximate surface area is 232 Å². The van der Waals surface area contributed by atoms with Gasteiger partial charge in [0.1, 0.15) is 0 Å². The molecule has 36 heavy (non-hydrogen) atoms. The van der Waals surface area contributed by atoms with Gasteiger partial charge in [-0.25, -0.2) is 0 Å². The van der Waals surface area contributed by atoms with E-state index >= 15 is 0 Å². The van der Waals surface area contributed by atoms with Crippen LogP contribution in [0, 0.1) is 0 Å². The Morgan fingerprint density at radius 2 is 0.417 bits per heavy atom. The van der Waals surface area contributed by atoms with Crippen LogP contribution < -0.4 is 0 Å². The number of hydrogen-bond acceptors (Lipinski definition) is 0. The zero-order valence-corrected chi connectivity index (χ0v) is 27.3. The van der Waals surface area contributed by atoms with Crippen LogP contribution in [0.3, 0.4) is 0 Å². The summed E-state index contributed by atoms with van der Waals surface area (Å²) in [5, 5.41) is 0. The van der Waals surface area contributed by atoms with Crippen molar-refractivity contribution in [3.63, 3.8) is 0 Å². The van der Waals surface area contributed by atoms with Gasteiger partial charge >= 0.3 is 0 Å². The van der Waals surface area contributed by atoms with Crippen molar-refractivity contribution in [3.8, 4) is 0 Å². The minimum atomic E-state index is -0.518. The van der Waals surface area contributed by atoms with Crippen molar-refractivity contribution >= 4 is 7.26 Å². The molecule has 1 heteroatoms. The molecular weight excluding hydrogens is 451 g/mol. The number of unbranched alkanes of at least 4 members (excludes halogenated alkanes) is 29. The largest absolute Gasteiger partial charge is 0.0654 e. The highest BCUT2D eigenvalue weighted by Crippen LogP contribution is 2.47. The molecule has 0 fully saturated rings. The molecule has 0 heterocycles. The molecule has 0 nitrogen and oxygen atoms in total. The van der Waals surface area contributed by atoms with Crippen molar-refractivity contribution in [1.29, 1.82) is 0 Å². The Bertz CT molecular complexity index is 383. The Kier molecular flexibility index (Phi) is 30.3. The maximum atomic E-state index is 2.48. The van der Waals surface area contributed by atoms with Gasteiger partial charge < -0.3 is 0 Å². The summed E-state index contributed by atoms with van der Waals surface area (Å²) in [4.78, 5) is 0. The van der Waals surface area contributed by atoms with Crippen molar-refractivity contribution in [1.82, 2.24) is 0 Å². The van der Waals surface area contributed by atoms with Gasteiger partial charge in [0, 0.05) is 27.3 Å². The zero-order valence-electron chi connectivity index (χ0n) is 26.4. The van der Waals surface area contributed by atoms with E-state index < -0.39 is 7.26 Å². The second kappa shape index (κ2) is 30.0. The average Bonchev–Trinajstić information content (AvgIpc) is 2.84. The summed E-state index contributed by atoms with van der Waals surface area (Å²) in [5.41, 5.74) is 0. The molecular formula is C35H74P+. The average molecular weight is 526 g/mol. The van der Waals surface area contributed by atoms with Gasteiger partial charge in [0.15, 0.2) is 0 Å². The molecule has 0 spiro atoms. The SMILES string of the molecule is CCCCCCCCCCCCCCCCCCCCCCCCCCCCCCCC[P+](C)(C)C. The molecule has 0 aliphatic rings. The molecule has 218 valence electrons. The van der Waals surface area contributed by atoms with Gasteiger partial charge in [-0.05, 0) is 12.8 Å². The van der Waals surface area contributed by atoms with E-state index in [1.165, 1.54) is 199 Å². The van der Waals surface area contributed by atoms with Crippen molar-refractivity contribution in [2.75, 3.05) is 26.2 Å². The Morgan fingerprint density at radius 1 is 0.250 bits per heavy atom. The first-order valence-corrected chi connectivity index (χ1v) is 20.7. The van der Waals surface area contributed by atoms with Crippen LogP contribution in [-0.2, 0) is 0 Å². The molecule has 0 saturated heterocycles. The summed E-state index contributed by atoms with van der Waals surface area (Å²) in [6, 6.07) is 0. The van der Waals surface area contributed by atoms with Crippen molar-refractivity contribution in [2.24, 2.45) is 0 Å². The van der Waals surface area contributed by atoms with E-state index in [4.69, 9.17) is 0 Å². The lowest BCUT2D eigenvalue weighted by molar-refractivity contribution is 0.513. The van der Waals surface area contributed by atoms with E-state index in [-0.39, 0.29) is 0 Å². The van der Waals surface area contributed by atoms with Crippen LogP contribution in [0.2, 0.25) is 0 Å². The fraction of sp³-hybridized carbons (Fsp3) is 1.00. The second-order valence-electron chi connectivity index (χ2n) is 13.3. The third-order valence-corrected chi connectivity index (χ3v) is 9.84. The molecule has 0 aromatic carbocycles. The van der Waals surface area contributed by atoms with Gasteiger partial charge in [-0.3, -0.25) is 0 Å². The summed E-state index contributed by atoms with van der Waals surface area (Å²) >= 11 is 0. The maximum Gasteiger partial charge on any atom is 0.0586 e. The quantitative estimate of drug-likeness (QED) is 0.0623. The van der Waals surface area contributed by atoms with Gasteiger partial charge in [0.25, 0.3) is 0 Å². The third kappa shape index (κ3) is 34.4. The first-order chi connectivity index (χ1) is 17.6. The van der Waals surface area contributed by atoms with Gasteiger partial charge in [0.2, 0.25) is 0 Å². The van der Waals surface area contributed by atoms with Crippen molar-refractivity contribution in [2.45, 2.75) is 200 Å². The molecule has 0 bridgehead atoms. The van der Waals surface area contributed by atoms with Gasteiger partial charge in [-0.15, -0.1) is 0 Å². The summed E-state index contributed by atoms with van der Waals surface area (Å²) in [6.45, 7) is 9.75. The van der Waals surface area contributed by atoms with Crippen LogP contribution in [0.15, 0.2) is 0 Å². The molecule has 0 aliphatic heterocycles. The van der Waals surface area contributed by atoms with E-state index in [0.717, 1.165) is 0 Å². The molecule has 0 amide bonds. The summed E-state index contributed by atoms with van der Waals surface area (Å²) in [6.07, 6.45) is 46.1. The first-order valence-electron chi connectivity index (χ1n) is 17.4. The summed E-state index contributed by atoms with van der Waals surface area (Å²) in [5.74, 6) is 0. The van der Waals surface area contributed by atoms with E-state index in [1.54, 1.807) is 0 Å². The second-order valence-corrected chi connectivity index (χ2v) is 18.3. The molecule has 0 aromatic rings. The van der Waals surface area contributed by atoms with E-state index in [0.29, 0.717) is 0 Å². The van der Waals surface area contributed by atoms with E-state index in [9.17, 15) is 0 Å². The highest BCUT2D eigenvalue weighted by atomic mass is 31.2. The molecule has 0 N–H and O–H groups in total. The predicted octanol–water partition coefficient (Wildman–Crippen LogP) is 13.6. The van der Waals surface area contributed by atoms with E-state index in [1.807, 2.05) is 0 Å². The van der Waals surface area contributed by atoms with Gasteiger partial charge in [-0.2, -0.15) is 0 Å². The minimum absolute atomic E-state index is 0.518. The molecule has 0 unspecified atom stereocenters. The van der Waals surface area contributed by atoms with Crippen LogP contribution in [0.1, 0.15) is 200 Å². The molecule has 0 rings (SSSR count). The fourth-order valence-corrected chi connectivity index (χ4v) is 6.78. The Hall–Kier alpha value is 0.430.